The molecule has 0 bridgehead atoms. The molecule has 3 heterocycles. The maximum atomic E-state index is 12.9. The second-order valence-corrected chi connectivity index (χ2v) is 6.41. The Morgan fingerprint density at radius 3 is 3.09 bits per heavy atom. The van der Waals surface area contributed by atoms with E-state index in [0.717, 1.165) is 43.7 Å². The van der Waals surface area contributed by atoms with E-state index < -0.39 is 0 Å². The van der Waals surface area contributed by atoms with Crippen molar-refractivity contribution < 1.29 is 9.53 Å². The smallest absolute Gasteiger partial charge is 0.229 e. The minimum atomic E-state index is -0.0635. The Kier molecular flexibility index (Phi) is 3.77. The highest BCUT2D eigenvalue weighted by Crippen LogP contribution is 2.29. The Morgan fingerprint density at radius 2 is 2.22 bits per heavy atom. The summed E-state index contributed by atoms with van der Waals surface area (Å²) in [4.78, 5) is 19.0. The van der Waals surface area contributed by atoms with Crippen LogP contribution in [0.5, 0.6) is 5.75 Å². The van der Waals surface area contributed by atoms with Gasteiger partial charge in [0.15, 0.2) is 0 Å². The van der Waals surface area contributed by atoms with Crippen molar-refractivity contribution in [3.63, 3.8) is 0 Å². The van der Waals surface area contributed by atoms with Crippen LogP contribution in [0.25, 0.3) is 0 Å². The van der Waals surface area contributed by atoms with Crippen LogP contribution >= 0.6 is 0 Å². The van der Waals surface area contributed by atoms with Crippen LogP contribution in [-0.4, -0.2) is 40.1 Å². The second-order valence-electron chi connectivity index (χ2n) is 6.41. The van der Waals surface area contributed by atoms with Gasteiger partial charge in [0, 0.05) is 25.5 Å². The molecular formula is C18H21N3O2. The number of imidazole rings is 1. The second kappa shape index (κ2) is 6.07. The Bertz CT molecular complexity index is 683. The van der Waals surface area contributed by atoms with Gasteiger partial charge in [-0.1, -0.05) is 18.2 Å². The van der Waals surface area contributed by atoms with E-state index >= 15 is 0 Å². The van der Waals surface area contributed by atoms with Crippen molar-refractivity contribution in [1.29, 1.82) is 0 Å². The van der Waals surface area contributed by atoms with Gasteiger partial charge < -0.3 is 14.2 Å². The van der Waals surface area contributed by atoms with Crippen molar-refractivity contribution in [1.82, 2.24) is 14.5 Å². The number of aromatic nitrogens is 2. The molecule has 5 nitrogen and oxygen atoms in total. The van der Waals surface area contributed by atoms with Crippen molar-refractivity contribution in [2.75, 3.05) is 19.7 Å². The van der Waals surface area contributed by atoms with Crippen LogP contribution in [0.2, 0.25) is 0 Å². The SMILES string of the molecule is O=C([C@H]1COc2ccccc2C1)N1CCC[C@H](n2ccnc2)C1. The van der Waals surface area contributed by atoms with Gasteiger partial charge in [0.2, 0.25) is 5.91 Å². The fourth-order valence-corrected chi connectivity index (χ4v) is 3.63. The van der Waals surface area contributed by atoms with Gasteiger partial charge in [-0.05, 0) is 30.9 Å². The molecule has 1 aromatic heterocycles. The van der Waals surface area contributed by atoms with Gasteiger partial charge in [-0.15, -0.1) is 0 Å². The monoisotopic (exact) mass is 311 g/mol. The quantitative estimate of drug-likeness (QED) is 0.855. The van der Waals surface area contributed by atoms with Gasteiger partial charge in [-0.2, -0.15) is 0 Å². The van der Waals surface area contributed by atoms with Crippen LogP contribution < -0.4 is 4.74 Å². The number of para-hydroxylation sites is 1. The zero-order valence-electron chi connectivity index (χ0n) is 13.1. The van der Waals surface area contributed by atoms with E-state index in [4.69, 9.17) is 4.74 Å². The summed E-state index contributed by atoms with van der Waals surface area (Å²) < 4.78 is 7.90. The lowest BCUT2D eigenvalue weighted by Gasteiger charge is -2.36. The van der Waals surface area contributed by atoms with Gasteiger partial charge in [0.05, 0.1) is 18.3 Å². The first-order chi connectivity index (χ1) is 11.3. The molecule has 0 unspecified atom stereocenters. The number of rotatable bonds is 2. The molecule has 2 aliphatic rings. The van der Waals surface area contributed by atoms with E-state index in [1.54, 1.807) is 6.20 Å². The molecule has 0 N–H and O–H groups in total. The molecule has 0 saturated carbocycles. The number of benzene rings is 1. The van der Waals surface area contributed by atoms with E-state index in [2.05, 4.69) is 15.6 Å². The van der Waals surface area contributed by atoms with Crippen molar-refractivity contribution >= 4 is 5.91 Å². The number of carbonyl (C=O) groups is 1. The van der Waals surface area contributed by atoms with Crippen LogP contribution in [0.4, 0.5) is 0 Å². The van der Waals surface area contributed by atoms with Crippen LogP contribution in [0.3, 0.4) is 0 Å². The standard InChI is InChI=1S/C18H21N3O2/c22-18(15-10-14-4-1-2-6-17(14)23-12-15)20-8-3-5-16(11-20)21-9-7-19-13-21/h1-2,4,6-7,9,13,15-16H,3,5,8,10-12H2/t15-,16+/m1/s1. The Morgan fingerprint density at radius 1 is 1.30 bits per heavy atom. The summed E-state index contributed by atoms with van der Waals surface area (Å²) >= 11 is 0. The molecule has 1 saturated heterocycles. The summed E-state index contributed by atoms with van der Waals surface area (Å²) in [5, 5.41) is 0. The van der Waals surface area contributed by atoms with Crippen LogP contribution in [0, 0.1) is 5.92 Å². The highest BCUT2D eigenvalue weighted by Gasteiger charge is 2.32. The van der Waals surface area contributed by atoms with E-state index in [1.165, 1.54) is 0 Å². The number of ether oxygens (including phenoxy) is 1. The number of hydrogen-bond donors (Lipinski definition) is 0. The summed E-state index contributed by atoms with van der Waals surface area (Å²) in [5.74, 6) is 1.09. The molecule has 0 spiro atoms. The number of piperidine rings is 1. The third-order valence-electron chi connectivity index (χ3n) is 4.88. The first kappa shape index (κ1) is 14.3. The number of hydrogen-bond acceptors (Lipinski definition) is 3. The van der Waals surface area contributed by atoms with Crippen LogP contribution in [0.15, 0.2) is 43.0 Å². The lowest BCUT2D eigenvalue weighted by molar-refractivity contribution is -0.138. The zero-order chi connectivity index (χ0) is 15.6. The lowest BCUT2D eigenvalue weighted by atomic mass is 9.94. The molecular weight excluding hydrogens is 290 g/mol. The van der Waals surface area contributed by atoms with Gasteiger partial charge in [0.1, 0.15) is 12.4 Å². The van der Waals surface area contributed by atoms with Crippen molar-refractivity contribution in [3.05, 3.63) is 48.5 Å². The van der Waals surface area contributed by atoms with Crippen molar-refractivity contribution in [3.8, 4) is 5.75 Å². The van der Waals surface area contributed by atoms with Crippen LogP contribution in [-0.2, 0) is 11.2 Å². The minimum absolute atomic E-state index is 0.0635. The third kappa shape index (κ3) is 2.83. The molecule has 0 radical (unpaired) electrons. The number of nitrogens with zero attached hydrogens (tertiary/aromatic N) is 3. The van der Waals surface area contributed by atoms with E-state index in [1.807, 2.05) is 35.6 Å². The summed E-state index contributed by atoms with van der Waals surface area (Å²) in [6, 6.07) is 8.35. The summed E-state index contributed by atoms with van der Waals surface area (Å²) in [6.45, 7) is 2.11. The minimum Gasteiger partial charge on any atom is -0.492 e. The molecule has 120 valence electrons. The van der Waals surface area contributed by atoms with Gasteiger partial charge in [0.25, 0.3) is 0 Å². The fourth-order valence-electron chi connectivity index (χ4n) is 3.63. The summed E-state index contributed by atoms with van der Waals surface area (Å²) in [6.07, 6.45) is 8.55. The molecule has 2 aliphatic heterocycles. The van der Waals surface area contributed by atoms with Crippen LogP contribution in [0.1, 0.15) is 24.4 Å². The topological polar surface area (TPSA) is 47.4 Å². The number of fused-ring (bicyclic) bond motifs is 1. The van der Waals surface area contributed by atoms with Crippen molar-refractivity contribution in [2.24, 2.45) is 5.92 Å². The first-order valence-electron chi connectivity index (χ1n) is 8.28. The molecule has 1 fully saturated rings. The maximum absolute atomic E-state index is 12.9. The molecule has 23 heavy (non-hydrogen) atoms. The van der Waals surface area contributed by atoms with Gasteiger partial charge >= 0.3 is 0 Å². The summed E-state index contributed by atoms with van der Waals surface area (Å²) in [7, 11) is 0. The Labute approximate surface area is 135 Å². The molecule has 4 rings (SSSR count). The Hall–Kier alpha value is -2.30. The predicted molar refractivity (Wildman–Crippen MR) is 86.2 cm³/mol. The van der Waals surface area contributed by atoms with Gasteiger partial charge in [-0.25, -0.2) is 4.98 Å². The molecule has 0 aliphatic carbocycles. The fraction of sp³-hybridized carbons (Fsp3) is 0.444. The van der Waals surface area contributed by atoms with E-state index in [0.29, 0.717) is 12.6 Å². The molecule has 1 aromatic carbocycles. The highest BCUT2D eigenvalue weighted by atomic mass is 16.5. The molecule has 1 amide bonds. The summed E-state index contributed by atoms with van der Waals surface area (Å²) in [5.41, 5.74) is 1.14. The number of likely N-dealkylation sites (tertiary alicyclic amines) is 1. The molecule has 5 heteroatoms. The average molecular weight is 311 g/mol. The zero-order valence-corrected chi connectivity index (χ0v) is 13.1. The largest absolute Gasteiger partial charge is 0.492 e. The third-order valence-corrected chi connectivity index (χ3v) is 4.88. The molecule has 2 aromatic rings. The first-order valence-corrected chi connectivity index (χ1v) is 8.28. The van der Waals surface area contributed by atoms with Gasteiger partial charge in [-0.3, -0.25) is 4.79 Å². The number of amides is 1. The van der Waals surface area contributed by atoms with E-state index in [-0.39, 0.29) is 11.8 Å². The lowest BCUT2D eigenvalue weighted by Crippen LogP contribution is -2.46. The molecule has 2 atom stereocenters. The average Bonchev–Trinajstić information content (AvgIpc) is 3.15. The number of carbonyl (C=O) groups excluding carboxylic acids is 1. The van der Waals surface area contributed by atoms with Crippen molar-refractivity contribution in [2.45, 2.75) is 25.3 Å². The Balaban J connectivity index is 1.45. The van der Waals surface area contributed by atoms with E-state index in [9.17, 15) is 4.79 Å². The predicted octanol–water partition coefficient (Wildman–Crippen LogP) is 2.30. The normalized spacial score (nSPS) is 23.9. The highest BCUT2D eigenvalue weighted by molar-refractivity contribution is 5.80. The maximum Gasteiger partial charge on any atom is 0.229 e.